The number of rotatable bonds is 3. The van der Waals surface area contributed by atoms with Gasteiger partial charge in [-0.25, -0.2) is 4.79 Å². The molecule has 108 valence electrons. The van der Waals surface area contributed by atoms with Gasteiger partial charge in [0.1, 0.15) is 0 Å². The Balaban J connectivity index is 2.38. The van der Waals surface area contributed by atoms with Gasteiger partial charge in [-0.3, -0.25) is 4.79 Å². The van der Waals surface area contributed by atoms with Gasteiger partial charge < -0.3 is 10.4 Å². The normalized spacial score (nSPS) is 10.2. The number of benzene rings is 2. The number of nitrogens with one attached hydrogen (secondary N) is 1. The zero-order valence-electron chi connectivity index (χ0n) is 11.0. The number of halogens is 2. The second-order valence-electron chi connectivity index (χ2n) is 4.39. The van der Waals surface area contributed by atoms with Gasteiger partial charge in [-0.15, -0.1) is 0 Å². The number of carbonyl (C=O) groups is 2. The summed E-state index contributed by atoms with van der Waals surface area (Å²) in [5, 5.41) is 12.1. The second kappa shape index (κ2) is 6.28. The van der Waals surface area contributed by atoms with Crippen molar-refractivity contribution < 1.29 is 14.7 Å². The van der Waals surface area contributed by atoms with Gasteiger partial charge >= 0.3 is 5.97 Å². The Labute approximate surface area is 134 Å². The summed E-state index contributed by atoms with van der Waals surface area (Å²) >= 11 is 9.35. The van der Waals surface area contributed by atoms with Crippen molar-refractivity contribution in [1.82, 2.24) is 0 Å². The van der Waals surface area contributed by atoms with E-state index in [1.807, 2.05) is 0 Å². The van der Waals surface area contributed by atoms with Crippen LogP contribution in [0.25, 0.3) is 0 Å². The molecule has 0 radical (unpaired) electrons. The van der Waals surface area contributed by atoms with Crippen LogP contribution in [0.3, 0.4) is 0 Å². The lowest BCUT2D eigenvalue weighted by Gasteiger charge is -2.11. The van der Waals surface area contributed by atoms with Crippen LogP contribution in [0.2, 0.25) is 5.02 Å². The van der Waals surface area contributed by atoms with Gasteiger partial charge in [0.05, 0.1) is 21.8 Å². The van der Waals surface area contributed by atoms with Crippen LogP contribution in [0.15, 0.2) is 40.9 Å². The molecule has 0 aliphatic heterocycles. The molecule has 0 aliphatic rings. The van der Waals surface area contributed by atoms with Crippen LogP contribution < -0.4 is 5.32 Å². The molecule has 0 heterocycles. The molecule has 0 saturated carbocycles. The molecule has 0 aromatic heterocycles. The zero-order valence-corrected chi connectivity index (χ0v) is 13.3. The van der Waals surface area contributed by atoms with Crippen LogP contribution in [0.4, 0.5) is 5.69 Å². The van der Waals surface area contributed by atoms with Crippen LogP contribution in [0, 0.1) is 6.92 Å². The van der Waals surface area contributed by atoms with Gasteiger partial charge in [0.15, 0.2) is 0 Å². The number of hydrogen-bond donors (Lipinski definition) is 2. The third kappa shape index (κ3) is 3.43. The van der Waals surface area contributed by atoms with Gasteiger partial charge in [-0.05, 0) is 36.8 Å². The van der Waals surface area contributed by atoms with Crippen molar-refractivity contribution in [2.45, 2.75) is 6.92 Å². The average Bonchev–Trinajstić information content (AvgIpc) is 2.41. The highest BCUT2D eigenvalue weighted by Gasteiger charge is 2.16. The van der Waals surface area contributed by atoms with E-state index in [4.69, 9.17) is 16.7 Å². The van der Waals surface area contributed by atoms with Crippen molar-refractivity contribution in [2.24, 2.45) is 0 Å². The number of amides is 1. The largest absolute Gasteiger partial charge is 0.478 e. The Morgan fingerprint density at radius 2 is 1.90 bits per heavy atom. The van der Waals surface area contributed by atoms with Crippen molar-refractivity contribution in [1.29, 1.82) is 0 Å². The molecule has 6 heteroatoms. The van der Waals surface area contributed by atoms with E-state index in [2.05, 4.69) is 21.2 Å². The van der Waals surface area contributed by atoms with Crippen molar-refractivity contribution in [3.63, 3.8) is 0 Å². The molecular weight excluding hydrogens is 358 g/mol. The molecule has 0 bridgehead atoms. The first-order valence-corrected chi connectivity index (χ1v) is 7.16. The van der Waals surface area contributed by atoms with Gasteiger partial charge in [-0.2, -0.15) is 0 Å². The molecule has 0 atom stereocenters. The molecule has 2 aromatic carbocycles. The summed E-state index contributed by atoms with van der Waals surface area (Å²) in [6.45, 7) is 1.79. The second-order valence-corrected chi connectivity index (χ2v) is 5.68. The summed E-state index contributed by atoms with van der Waals surface area (Å²) in [7, 11) is 0. The lowest BCUT2D eigenvalue weighted by Crippen LogP contribution is -2.15. The average molecular weight is 369 g/mol. The molecule has 0 unspecified atom stereocenters. The Morgan fingerprint density at radius 3 is 2.57 bits per heavy atom. The molecule has 0 saturated heterocycles. The van der Waals surface area contributed by atoms with E-state index in [9.17, 15) is 9.59 Å². The van der Waals surface area contributed by atoms with Gasteiger partial charge in [0.2, 0.25) is 0 Å². The number of carboxylic acid groups (broad SMARTS) is 1. The highest BCUT2D eigenvalue weighted by atomic mass is 79.9. The number of aromatic carboxylic acids is 1. The summed E-state index contributed by atoms with van der Waals surface area (Å²) in [5.74, 6) is -1.57. The van der Waals surface area contributed by atoms with E-state index in [1.54, 1.807) is 31.2 Å². The summed E-state index contributed by atoms with van der Waals surface area (Å²) in [6, 6.07) is 9.64. The number of carbonyl (C=O) groups excluding carboxylic acids is 1. The van der Waals surface area contributed by atoms with Crippen LogP contribution in [-0.2, 0) is 0 Å². The lowest BCUT2D eigenvalue weighted by atomic mass is 10.1. The SMILES string of the molecule is Cc1cccc(C(=O)Nc2cc(Br)ccc2C(=O)O)c1Cl. The van der Waals surface area contributed by atoms with Crippen molar-refractivity contribution >= 4 is 45.1 Å². The molecule has 2 rings (SSSR count). The van der Waals surface area contributed by atoms with E-state index < -0.39 is 11.9 Å². The summed E-state index contributed by atoms with van der Waals surface area (Å²) in [6.07, 6.45) is 0. The maximum atomic E-state index is 12.3. The summed E-state index contributed by atoms with van der Waals surface area (Å²) < 4.78 is 0.665. The minimum absolute atomic E-state index is 0.00956. The van der Waals surface area contributed by atoms with E-state index in [-0.39, 0.29) is 11.3 Å². The fourth-order valence-electron chi connectivity index (χ4n) is 1.82. The lowest BCUT2D eigenvalue weighted by molar-refractivity contribution is 0.0698. The zero-order chi connectivity index (χ0) is 15.6. The quantitative estimate of drug-likeness (QED) is 0.846. The molecule has 1 amide bonds. The van der Waals surface area contributed by atoms with Gasteiger partial charge in [-0.1, -0.05) is 39.7 Å². The minimum atomic E-state index is -1.12. The van der Waals surface area contributed by atoms with Crippen LogP contribution in [0.5, 0.6) is 0 Å². The molecule has 0 fully saturated rings. The Hall–Kier alpha value is -1.85. The Kier molecular flexibility index (Phi) is 4.65. The summed E-state index contributed by atoms with van der Waals surface area (Å²) in [5.41, 5.74) is 1.29. The van der Waals surface area contributed by atoms with Gasteiger partial charge in [0.25, 0.3) is 5.91 Å². The molecule has 4 nitrogen and oxygen atoms in total. The fourth-order valence-corrected chi connectivity index (χ4v) is 2.39. The van der Waals surface area contributed by atoms with Gasteiger partial charge in [0, 0.05) is 4.47 Å². The van der Waals surface area contributed by atoms with E-state index in [0.717, 1.165) is 5.56 Å². The Bertz CT molecular complexity index is 731. The summed E-state index contributed by atoms with van der Waals surface area (Å²) in [4.78, 5) is 23.4. The smallest absolute Gasteiger partial charge is 0.337 e. The molecule has 2 aromatic rings. The first-order chi connectivity index (χ1) is 9.90. The molecule has 21 heavy (non-hydrogen) atoms. The predicted molar refractivity (Wildman–Crippen MR) is 85.2 cm³/mol. The minimum Gasteiger partial charge on any atom is -0.478 e. The highest BCUT2D eigenvalue weighted by molar-refractivity contribution is 9.10. The van der Waals surface area contributed by atoms with Crippen molar-refractivity contribution in [2.75, 3.05) is 5.32 Å². The maximum absolute atomic E-state index is 12.3. The number of hydrogen-bond acceptors (Lipinski definition) is 2. The fraction of sp³-hybridized carbons (Fsp3) is 0.0667. The first-order valence-electron chi connectivity index (χ1n) is 5.99. The molecule has 2 N–H and O–H groups in total. The third-order valence-electron chi connectivity index (χ3n) is 2.90. The molecular formula is C15H11BrClNO3. The first kappa shape index (κ1) is 15.5. The van der Waals surface area contributed by atoms with Crippen molar-refractivity contribution in [3.05, 3.63) is 62.6 Å². The Morgan fingerprint density at radius 1 is 1.19 bits per heavy atom. The van der Waals surface area contributed by atoms with E-state index >= 15 is 0 Å². The number of aryl methyl sites for hydroxylation is 1. The molecule has 0 aliphatic carbocycles. The topological polar surface area (TPSA) is 66.4 Å². The van der Waals surface area contributed by atoms with Crippen molar-refractivity contribution in [3.8, 4) is 0 Å². The predicted octanol–water partition coefficient (Wildman–Crippen LogP) is 4.36. The van der Waals surface area contributed by atoms with E-state index in [0.29, 0.717) is 15.1 Å². The monoisotopic (exact) mass is 367 g/mol. The standard InChI is InChI=1S/C15H11BrClNO3/c1-8-3-2-4-11(13(8)17)14(19)18-12-7-9(16)5-6-10(12)15(20)21/h2-7H,1H3,(H,18,19)(H,20,21). The highest BCUT2D eigenvalue weighted by Crippen LogP contribution is 2.25. The number of anilines is 1. The maximum Gasteiger partial charge on any atom is 0.337 e. The van der Waals surface area contributed by atoms with Crippen LogP contribution in [-0.4, -0.2) is 17.0 Å². The third-order valence-corrected chi connectivity index (χ3v) is 3.89. The van der Waals surface area contributed by atoms with E-state index in [1.165, 1.54) is 12.1 Å². The molecule has 0 spiro atoms. The van der Waals surface area contributed by atoms with Crippen LogP contribution >= 0.6 is 27.5 Å². The number of carboxylic acids is 1. The van der Waals surface area contributed by atoms with Crippen LogP contribution in [0.1, 0.15) is 26.3 Å².